The summed E-state index contributed by atoms with van der Waals surface area (Å²) in [6, 6.07) is -0.734. The molecule has 0 spiro atoms. The molecule has 0 fully saturated rings. The minimum Gasteiger partial charge on any atom is -0.340 e. The van der Waals surface area contributed by atoms with Crippen LogP contribution in [0.4, 0.5) is 0 Å². The Morgan fingerprint density at radius 3 is 2.06 bits per heavy atom. The maximum absolute atomic E-state index is 11.7. The molecular weight excluding hydrogens is 243 g/mol. The van der Waals surface area contributed by atoms with E-state index in [1.54, 1.807) is 13.8 Å². The summed E-state index contributed by atoms with van der Waals surface area (Å²) in [5.41, 5.74) is 5.64. The first-order valence-corrected chi connectivity index (χ1v) is 7.35. The van der Waals surface area contributed by atoms with Gasteiger partial charge < -0.3 is 20.8 Å². The van der Waals surface area contributed by atoms with E-state index in [1.807, 2.05) is 13.8 Å². The third-order valence-electron chi connectivity index (χ3n) is 2.35. The average molecular weight is 266 g/mol. The fraction of sp³-hybridized carbons (Fsp3) is 0.900. The number of amides is 1. The third kappa shape index (κ3) is 6.17. The molecule has 2 atom stereocenters. The lowest BCUT2D eigenvalue weighted by molar-refractivity contribution is -0.123. The van der Waals surface area contributed by atoms with Crippen LogP contribution in [0.15, 0.2) is 0 Å². The summed E-state index contributed by atoms with van der Waals surface area (Å²) in [5, 5.41) is 2.33. The molecule has 0 aliphatic rings. The fourth-order valence-electron chi connectivity index (χ4n) is 1.51. The van der Waals surface area contributed by atoms with Crippen LogP contribution in [-0.4, -0.2) is 27.5 Å². The topological polar surface area (TPSA) is 113 Å². The van der Waals surface area contributed by atoms with E-state index in [9.17, 15) is 9.36 Å². The molecule has 0 saturated heterocycles. The Kier molecular flexibility index (Phi) is 6.34. The maximum atomic E-state index is 11.7. The minimum atomic E-state index is -4.35. The van der Waals surface area contributed by atoms with Crippen molar-refractivity contribution in [3.8, 4) is 0 Å². The standard InChI is InChI=1S/C10H23N2O4P/c1-6(2)5-8(11)9(13)12-10(7(3)4)17(14,15)16/h6-8,10H,5,11H2,1-4H3,(H,12,13)(H2,14,15,16). The molecule has 0 saturated carbocycles. The molecule has 0 aliphatic carbocycles. The quantitative estimate of drug-likeness (QED) is 0.527. The molecule has 0 bridgehead atoms. The third-order valence-corrected chi connectivity index (χ3v) is 3.80. The van der Waals surface area contributed by atoms with E-state index in [0.717, 1.165) is 0 Å². The summed E-state index contributed by atoms with van der Waals surface area (Å²) in [6.07, 6.45) is 0.484. The Morgan fingerprint density at radius 1 is 1.29 bits per heavy atom. The number of hydrogen-bond donors (Lipinski definition) is 4. The van der Waals surface area contributed by atoms with Crippen LogP contribution in [0.3, 0.4) is 0 Å². The van der Waals surface area contributed by atoms with E-state index in [1.165, 1.54) is 0 Å². The highest BCUT2D eigenvalue weighted by atomic mass is 31.2. The molecule has 0 aliphatic heterocycles. The Morgan fingerprint density at radius 2 is 1.76 bits per heavy atom. The van der Waals surface area contributed by atoms with Gasteiger partial charge in [0, 0.05) is 0 Å². The van der Waals surface area contributed by atoms with Crippen molar-refractivity contribution >= 4 is 13.5 Å². The SMILES string of the molecule is CC(C)CC(N)C(=O)NC(C(C)C)P(=O)(O)O. The van der Waals surface area contributed by atoms with Gasteiger partial charge in [-0.3, -0.25) is 9.36 Å². The van der Waals surface area contributed by atoms with Gasteiger partial charge in [0.1, 0.15) is 5.78 Å². The lowest BCUT2D eigenvalue weighted by atomic mass is 10.0. The molecule has 7 heteroatoms. The number of rotatable bonds is 6. The molecule has 17 heavy (non-hydrogen) atoms. The van der Waals surface area contributed by atoms with E-state index in [4.69, 9.17) is 15.5 Å². The zero-order chi connectivity index (χ0) is 13.8. The van der Waals surface area contributed by atoms with Crippen LogP contribution in [0.2, 0.25) is 0 Å². The zero-order valence-electron chi connectivity index (χ0n) is 10.8. The minimum absolute atomic E-state index is 0.253. The molecule has 0 aromatic rings. The van der Waals surface area contributed by atoms with Gasteiger partial charge in [0.25, 0.3) is 0 Å². The summed E-state index contributed by atoms with van der Waals surface area (Å²) in [7, 11) is -4.35. The van der Waals surface area contributed by atoms with Gasteiger partial charge >= 0.3 is 7.60 Å². The molecule has 0 aromatic carbocycles. The summed E-state index contributed by atoms with van der Waals surface area (Å²) < 4.78 is 11.2. The Balaban J connectivity index is 4.58. The molecule has 0 rings (SSSR count). The molecule has 0 heterocycles. The van der Waals surface area contributed by atoms with Crippen molar-refractivity contribution in [1.29, 1.82) is 0 Å². The highest BCUT2D eigenvalue weighted by Crippen LogP contribution is 2.43. The second kappa shape index (κ2) is 6.50. The second-order valence-electron chi connectivity index (χ2n) is 5.02. The highest BCUT2D eigenvalue weighted by Gasteiger charge is 2.34. The van der Waals surface area contributed by atoms with Crippen molar-refractivity contribution in [2.45, 2.75) is 45.9 Å². The molecule has 5 N–H and O–H groups in total. The molecule has 0 radical (unpaired) electrons. The number of nitrogens with two attached hydrogens (primary N) is 1. The summed E-state index contributed by atoms with van der Waals surface area (Å²) in [4.78, 5) is 29.9. The monoisotopic (exact) mass is 266 g/mol. The van der Waals surface area contributed by atoms with Crippen molar-refractivity contribution in [3.05, 3.63) is 0 Å². The molecule has 102 valence electrons. The Labute approximate surface area is 102 Å². The van der Waals surface area contributed by atoms with E-state index >= 15 is 0 Å². The number of carbonyl (C=O) groups is 1. The Bertz CT molecular complexity index is 301. The van der Waals surface area contributed by atoms with Gasteiger partial charge in [-0.25, -0.2) is 0 Å². The van der Waals surface area contributed by atoms with Crippen molar-refractivity contribution in [3.63, 3.8) is 0 Å². The molecular formula is C10H23N2O4P. The molecule has 2 unspecified atom stereocenters. The van der Waals surface area contributed by atoms with Crippen LogP contribution < -0.4 is 11.1 Å². The van der Waals surface area contributed by atoms with Gasteiger partial charge in [0.05, 0.1) is 6.04 Å². The van der Waals surface area contributed by atoms with Crippen molar-refractivity contribution < 1.29 is 19.1 Å². The average Bonchev–Trinajstić information content (AvgIpc) is 2.09. The lowest BCUT2D eigenvalue weighted by Gasteiger charge is -2.25. The Hall–Kier alpha value is -0.420. The smallest absolute Gasteiger partial charge is 0.340 e. The van der Waals surface area contributed by atoms with E-state index in [2.05, 4.69) is 5.32 Å². The number of carbonyl (C=O) groups excluding carboxylic acids is 1. The van der Waals surface area contributed by atoms with Crippen LogP contribution >= 0.6 is 7.60 Å². The van der Waals surface area contributed by atoms with Gasteiger partial charge in [0.2, 0.25) is 5.91 Å². The van der Waals surface area contributed by atoms with Crippen LogP contribution in [0.5, 0.6) is 0 Å². The molecule has 6 nitrogen and oxygen atoms in total. The van der Waals surface area contributed by atoms with E-state index in [0.29, 0.717) is 6.42 Å². The van der Waals surface area contributed by atoms with Gasteiger partial charge in [-0.2, -0.15) is 0 Å². The van der Waals surface area contributed by atoms with Gasteiger partial charge in [-0.15, -0.1) is 0 Å². The van der Waals surface area contributed by atoms with Crippen molar-refractivity contribution in [2.75, 3.05) is 0 Å². The lowest BCUT2D eigenvalue weighted by Crippen LogP contribution is -2.47. The van der Waals surface area contributed by atoms with Crippen LogP contribution in [-0.2, 0) is 9.36 Å². The fourth-order valence-corrected chi connectivity index (χ4v) is 2.58. The predicted molar refractivity (Wildman–Crippen MR) is 66.2 cm³/mol. The van der Waals surface area contributed by atoms with Crippen LogP contribution in [0.25, 0.3) is 0 Å². The van der Waals surface area contributed by atoms with Gasteiger partial charge in [0.15, 0.2) is 0 Å². The summed E-state index contributed by atoms with van der Waals surface area (Å²) >= 11 is 0. The van der Waals surface area contributed by atoms with E-state index in [-0.39, 0.29) is 11.8 Å². The van der Waals surface area contributed by atoms with Crippen LogP contribution in [0, 0.1) is 11.8 Å². The first-order chi connectivity index (χ1) is 7.55. The van der Waals surface area contributed by atoms with E-state index < -0.39 is 25.3 Å². The largest absolute Gasteiger partial charge is 0.347 e. The maximum Gasteiger partial charge on any atom is 0.347 e. The summed E-state index contributed by atoms with van der Waals surface area (Å²) in [5.74, 6) is -1.79. The zero-order valence-corrected chi connectivity index (χ0v) is 11.6. The van der Waals surface area contributed by atoms with Crippen molar-refractivity contribution in [1.82, 2.24) is 5.32 Å². The first kappa shape index (κ1) is 16.6. The van der Waals surface area contributed by atoms with Crippen molar-refractivity contribution in [2.24, 2.45) is 17.6 Å². The second-order valence-corrected chi connectivity index (χ2v) is 6.76. The summed E-state index contributed by atoms with van der Waals surface area (Å²) in [6.45, 7) is 7.13. The highest BCUT2D eigenvalue weighted by molar-refractivity contribution is 7.52. The molecule has 1 amide bonds. The number of hydrogen-bond acceptors (Lipinski definition) is 3. The first-order valence-electron chi connectivity index (χ1n) is 5.66. The normalized spacial score (nSPS) is 16.1. The van der Waals surface area contributed by atoms with Gasteiger partial charge in [-0.05, 0) is 18.3 Å². The molecule has 0 aromatic heterocycles. The predicted octanol–water partition coefficient (Wildman–Crippen LogP) is 0.636. The van der Waals surface area contributed by atoms with Crippen LogP contribution in [0.1, 0.15) is 34.1 Å². The number of nitrogens with one attached hydrogen (secondary N) is 1. The van der Waals surface area contributed by atoms with Gasteiger partial charge in [-0.1, -0.05) is 27.7 Å².